The number of hydrogen-bond donors (Lipinski definition) is 3. The van der Waals surface area contributed by atoms with E-state index in [1.54, 1.807) is 0 Å². The molecule has 1 heterocycles. The normalized spacial score (nSPS) is 9.41. The van der Waals surface area contributed by atoms with Gasteiger partial charge >= 0.3 is 0 Å². The topological polar surface area (TPSA) is 80.0 Å². The van der Waals surface area contributed by atoms with Crippen molar-refractivity contribution in [3.8, 4) is 0 Å². The molecule has 2 rings (SSSR count). The quantitative estimate of drug-likeness (QED) is 0.543. The van der Waals surface area contributed by atoms with Crippen LogP contribution in [0.3, 0.4) is 0 Å². The second-order valence-electron chi connectivity index (χ2n) is 2.93. The van der Waals surface area contributed by atoms with Gasteiger partial charge in [0.25, 0.3) is 5.91 Å². The van der Waals surface area contributed by atoms with Crippen LogP contribution in [0.15, 0.2) is 24.3 Å². The van der Waals surface area contributed by atoms with E-state index < -0.39 is 0 Å². The molecule has 90 valence electrons. The number of aromatic nitrogens is 1. The van der Waals surface area contributed by atoms with E-state index in [1.165, 1.54) is 11.3 Å². The van der Waals surface area contributed by atoms with Gasteiger partial charge in [-0.05, 0) is 24.4 Å². The summed E-state index contributed by atoms with van der Waals surface area (Å²) in [5.74, 6) is -0.353. The minimum absolute atomic E-state index is 0. The number of nitrogens with two attached hydrogens (primary N) is 1. The van der Waals surface area contributed by atoms with E-state index in [2.05, 4.69) is 28.1 Å². The second kappa shape index (κ2) is 5.76. The van der Waals surface area contributed by atoms with Crippen LogP contribution in [0.4, 0.5) is 0 Å². The van der Waals surface area contributed by atoms with Gasteiger partial charge in [0.15, 0.2) is 10.1 Å². The number of nitrogens with zero attached hydrogens (tertiary/aromatic N) is 1. The molecule has 17 heavy (non-hydrogen) atoms. The molecular weight excluding hydrogens is 280 g/mol. The van der Waals surface area contributed by atoms with E-state index in [9.17, 15) is 4.79 Å². The average molecular weight is 289 g/mol. The van der Waals surface area contributed by atoms with Crippen LogP contribution < -0.4 is 16.6 Å². The maximum atomic E-state index is 11.6. The van der Waals surface area contributed by atoms with Gasteiger partial charge in [-0.15, -0.1) is 23.7 Å². The zero-order valence-electron chi connectivity index (χ0n) is 8.47. The van der Waals surface area contributed by atoms with Gasteiger partial charge in [0.05, 0.1) is 10.2 Å². The highest BCUT2D eigenvalue weighted by Gasteiger charge is 2.11. The minimum Gasteiger partial charge on any atom is -0.375 e. The number of amides is 1. The number of thiocarbonyl (C=S) groups is 1. The number of nitrogens with one attached hydrogen (secondary N) is 2. The van der Waals surface area contributed by atoms with Gasteiger partial charge in [0.1, 0.15) is 0 Å². The maximum absolute atomic E-state index is 11.6. The molecule has 0 aliphatic carbocycles. The Balaban J connectivity index is 0.00000144. The molecule has 0 unspecified atom stereocenters. The van der Waals surface area contributed by atoms with Crippen molar-refractivity contribution in [2.45, 2.75) is 0 Å². The molecule has 0 aliphatic heterocycles. The zero-order valence-corrected chi connectivity index (χ0v) is 10.9. The lowest BCUT2D eigenvalue weighted by Gasteiger charge is -2.02. The molecule has 0 fully saturated rings. The first kappa shape index (κ1) is 13.6. The Morgan fingerprint density at radius 2 is 2.06 bits per heavy atom. The molecule has 4 N–H and O–H groups in total. The van der Waals surface area contributed by atoms with Crippen LogP contribution in [0, 0.1) is 0 Å². The van der Waals surface area contributed by atoms with Crippen LogP contribution >= 0.6 is 36.0 Å². The summed E-state index contributed by atoms with van der Waals surface area (Å²) in [6.45, 7) is 0. The van der Waals surface area contributed by atoms with E-state index in [0.717, 1.165) is 10.2 Å². The predicted octanol–water partition coefficient (Wildman–Crippen LogP) is 1.20. The van der Waals surface area contributed by atoms with Gasteiger partial charge in [-0.25, -0.2) is 4.98 Å². The lowest BCUT2D eigenvalue weighted by Crippen LogP contribution is -2.44. The van der Waals surface area contributed by atoms with Gasteiger partial charge in [-0.3, -0.25) is 15.6 Å². The molecule has 0 saturated carbocycles. The van der Waals surface area contributed by atoms with Crippen molar-refractivity contribution in [3.05, 3.63) is 29.3 Å². The SMILES string of the molecule is Cl.NC(=S)NNC(=O)c1nc2ccccc2s1. The highest BCUT2D eigenvalue weighted by molar-refractivity contribution is 7.80. The molecule has 0 atom stereocenters. The third-order valence-corrected chi connectivity index (χ3v) is 2.92. The Morgan fingerprint density at radius 1 is 1.35 bits per heavy atom. The number of fused-ring (bicyclic) bond motifs is 1. The van der Waals surface area contributed by atoms with Gasteiger partial charge < -0.3 is 5.73 Å². The molecule has 1 aromatic heterocycles. The molecule has 8 heteroatoms. The van der Waals surface area contributed by atoms with E-state index >= 15 is 0 Å². The summed E-state index contributed by atoms with van der Waals surface area (Å²) in [5, 5.41) is 0.374. The molecule has 2 aromatic rings. The van der Waals surface area contributed by atoms with Crippen molar-refractivity contribution in [1.82, 2.24) is 15.8 Å². The Hall–Kier alpha value is -1.44. The number of hydrazine groups is 1. The number of para-hydroxylation sites is 1. The first-order valence-corrected chi connectivity index (χ1v) is 5.60. The van der Waals surface area contributed by atoms with Crippen LogP contribution in [-0.2, 0) is 0 Å². The summed E-state index contributed by atoms with van der Waals surface area (Å²) in [6.07, 6.45) is 0. The third-order valence-electron chi connectivity index (χ3n) is 1.79. The third kappa shape index (κ3) is 3.26. The van der Waals surface area contributed by atoms with Gasteiger partial charge in [-0.1, -0.05) is 12.1 Å². The van der Waals surface area contributed by atoms with Crippen molar-refractivity contribution in [1.29, 1.82) is 0 Å². The Morgan fingerprint density at radius 3 is 2.71 bits per heavy atom. The molecule has 5 nitrogen and oxygen atoms in total. The van der Waals surface area contributed by atoms with Crippen LogP contribution in [0.25, 0.3) is 10.2 Å². The number of benzene rings is 1. The zero-order chi connectivity index (χ0) is 11.5. The molecule has 0 spiro atoms. The smallest absolute Gasteiger partial charge is 0.298 e. The lowest BCUT2D eigenvalue weighted by atomic mass is 10.3. The summed E-state index contributed by atoms with van der Waals surface area (Å²) in [6, 6.07) is 7.53. The van der Waals surface area contributed by atoms with Crippen molar-refractivity contribution in [3.63, 3.8) is 0 Å². The summed E-state index contributed by atoms with van der Waals surface area (Å²) in [4.78, 5) is 15.8. The van der Waals surface area contributed by atoms with Crippen molar-refractivity contribution >= 4 is 57.2 Å². The van der Waals surface area contributed by atoms with Gasteiger partial charge in [-0.2, -0.15) is 0 Å². The molecular formula is C9H9ClN4OS2. The molecule has 0 radical (unpaired) electrons. The van der Waals surface area contributed by atoms with Crippen LogP contribution in [0.5, 0.6) is 0 Å². The average Bonchev–Trinajstić information content (AvgIpc) is 2.69. The fourth-order valence-electron chi connectivity index (χ4n) is 1.14. The second-order valence-corrected chi connectivity index (χ2v) is 4.40. The highest BCUT2D eigenvalue weighted by atomic mass is 35.5. The van der Waals surface area contributed by atoms with Crippen LogP contribution in [-0.4, -0.2) is 16.0 Å². The lowest BCUT2D eigenvalue weighted by molar-refractivity contribution is 0.0944. The summed E-state index contributed by atoms with van der Waals surface area (Å²) >= 11 is 5.87. The first-order valence-electron chi connectivity index (χ1n) is 4.38. The fourth-order valence-corrected chi connectivity index (χ4v) is 2.05. The summed E-state index contributed by atoms with van der Waals surface area (Å²) in [7, 11) is 0. The van der Waals surface area contributed by atoms with Crippen molar-refractivity contribution in [2.75, 3.05) is 0 Å². The highest BCUT2D eigenvalue weighted by Crippen LogP contribution is 2.20. The monoisotopic (exact) mass is 288 g/mol. The summed E-state index contributed by atoms with van der Waals surface area (Å²) in [5.41, 5.74) is 10.7. The van der Waals surface area contributed by atoms with E-state index in [4.69, 9.17) is 5.73 Å². The number of thiazole rings is 1. The van der Waals surface area contributed by atoms with Gasteiger partial charge in [0, 0.05) is 0 Å². The predicted molar refractivity (Wildman–Crippen MR) is 74.3 cm³/mol. The summed E-state index contributed by atoms with van der Waals surface area (Å²) < 4.78 is 0.961. The Kier molecular flexibility index (Phi) is 4.62. The van der Waals surface area contributed by atoms with Crippen LogP contribution in [0.2, 0.25) is 0 Å². The van der Waals surface area contributed by atoms with Crippen molar-refractivity contribution < 1.29 is 4.79 Å². The standard InChI is InChI=1S/C9H8N4OS2.ClH/c10-9(15)13-12-7(14)8-11-5-3-1-2-4-6(5)16-8;/h1-4H,(H,12,14)(H3,10,13,15);1H. The largest absolute Gasteiger partial charge is 0.375 e. The molecule has 0 bridgehead atoms. The van der Waals surface area contributed by atoms with E-state index in [1.807, 2.05) is 24.3 Å². The molecule has 0 aliphatic rings. The Bertz CT molecular complexity index is 524. The number of halogens is 1. The first-order chi connectivity index (χ1) is 7.66. The molecule has 1 aromatic carbocycles. The maximum Gasteiger partial charge on any atom is 0.298 e. The Labute approximate surface area is 113 Å². The molecule has 0 saturated heterocycles. The number of hydrogen-bond acceptors (Lipinski definition) is 4. The number of carbonyl (C=O) groups is 1. The van der Waals surface area contributed by atoms with E-state index in [0.29, 0.717) is 5.01 Å². The van der Waals surface area contributed by atoms with Crippen LogP contribution in [0.1, 0.15) is 9.80 Å². The fraction of sp³-hybridized carbons (Fsp3) is 0. The number of carbonyl (C=O) groups excluding carboxylic acids is 1. The molecule has 1 amide bonds. The minimum atomic E-state index is -0.353. The van der Waals surface area contributed by atoms with Crippen molar-refractivity contribution in [2.24, 2.45) is 5.73 Å². The van der Waals surface area contributed by atoms with E-state index in [-0.39, 0.29) is 23.4 Å². The van der Waals surface area contributed by atoms with Gasteiger partial charge in [0.2, 0.25) is 0 Å². The number of rotatable bonds is 1.